The Morgan fingerprint density at radius 2 is 1.69 bits per heavy atom. The number of aryl methyl sites for hydroxylation is 1. The number of ether oxygens (including phenoxy) is 3. The van der Waals surface area contributed by atoms with Gasteiger partial charge in [-0.1, -0.05) is 27.2 Å². The van der Waals surface area contributed by atoms with Crippen LogP contribution in [0.2, 0.25) is 0 Å². The summed E-state index contributed by atoms with van der Waals surface area (Å²) in [5.74, 6) is 2.21. The molecular weight excluding hydrogens is 440 g/mol. The van der Waals surface area contributed by atoms with Crippen LogP contribution in [0, 0.1) is 0 Å². The average molecular weight is 475 g/mol. The van der Waals surface area contributed by atoms with Gasteiger partial charge >= 0.3 is 0 Å². The van der Waals surface area contributed by atoms with Gasteiger partial charge in [-0.3, -0.25) is 9.78 Å². The summed E-state index contributed by atoms with van der Waals surface area (Å²) in [6, 6.07) is 12.0. The van der Waals surface area contributed by atoms with Crippen LogP contribution in [0.25, 0.3) is 21.7 Å². The van der Waals surface area contributed by atoms with Crippen molar-refractivity contribution in [1.29, 1.82) is 0 Å². The topological polar surface area (TPSA) is 73.4 Å². The van der Waals surface area contributed by atoms with Gasteiger partial charge in [-0.25, -0.2) is 0 Å². The summed E-state index contributed by atoms with van der Waals surface area (Å²) in [5.41, 5.74) is 4.50. The minimum absolute atomic E-state index is 0.0842. The normalized spacial score (nSPS) is 11.4. The van der Waals surface area contributed by atoms with E-state index in [0.29, 0.717) is 30.1 Å². The Morgan fingerprint density at radius 3 is 2.31 bits per heavy atom. The van der Waals surface area contributed by atoms with Gasteiger partial charge in [-0.2, -0.15) is 0 Å². The Morgan fingerprint density at radius 1 is 0.971 bits per heavy atom. The van der Waals surface area contributed by atoms with Gasteiger partial charge in [0.2, 0.25) is 0 Å². The van der Waals surface area contributed by atoms with E-state index in [1.807, 2.05) is 37.3 Å². The molecule has 1 N–H and O–H groups in total. The van der Waals surface area contributed by atoms with Gasteiger partial charge in [0, 0.05) is 34.1 Å². The van der Waals surface area contributed by atoms with Crippen LogP contribution in [0.5, 0.6) is 17.2 Å². The number of pyridine rings is 2. The van der Waals surface area contributed by atoms with Crippen molar-refractivity contribution in [2.24, 2.45) is 0 Å². The van der Waals surface area contributed by atoms with E-state index in [9.17, 15) is 4.79 Å². The lowest BCUT2D eigenvalue weighted by atomic mass is 9.93. The molecule has 6 nitrogen and oxygen atoms in total. The lowest BCUT2D eigenvalue weighted by Gasteiger charge is -2.17. The van der Waals surface area contributed by atoms with Crippen molar-refractivity contribution in [2.45, 2.75) is 52.9 Å². The molecule has 2 aromatic heterocycles. The average Bonchev–Trinajstić information content (AvgIpc) is 2.85. The van der Waals surface area contributed by atoms with Gasteiger partial charge in [-0.05, 0) is 66.6 Å². The van der Waals surface area contributed by atoms with E-state index < -0.39 is 0 Å². The first-order valence-electron chi connectivity index (χ1n) is 12.3. The zero-order chi connectivity index (χ0) is 25.1. The summed E-state index contributed by atoms with van der Waals surface area (Å²) >= 11 is 0. The standard InChI is InChI=1S/C29H34N2O4/c1-7-9-24-19(12-18-13-20(35-8-2)10-11-25(18)30-24)14-23-21-15-26(33-5)27(34-6)16-22(21)28(17(3)4)31-29(23)32/h10-13,15-17H,7-9,14H2,1-6H3,(H,31,32). The first-order chi connectivity index (χ1) is 16.9. The Bertz CT molecular complexity index is 1420. The number of rotatable bonds is 9. The second kappa shape index (κ2) is 10.4. The molecule has 0 saturated carbocycles. The highest BCUT2D eigenvalue weighted by Gasteiger charge is 2.19. The van der Waals surface area contributed by atoms with E-state index in [1.54, 1.807) is 14.2 Å². The molecule has 35 heavy (non-hydrogen) atoms. The van der Waals surface area contributed by atoms with Crippen LogP contribution in [-0.4, -0.2) is 30.8 Å². The fourth-order valence-corrected chi connectivity index (χ4v) is 4.66. The minimum Gasteiger partial charge on any atom is -0.494 e. The molecule has 0 amide bonds. The highest BCUT2D eigenvalue weighted by Crippen LogP contribution is 2.36. The molecule has 0 fully saturated rings. The summed E-state index contributed by atoms with van der Waals surface area (Å²) in [6.45, 7) is 8.87. The number of hydrogen-bond donors (Lipinski definition) is 1. The van der Waals surface area contributed by atoms with Gasteiger partial charge in [0.15, 0.2) is 11.5 Å². The zero-order valence-electron chi connectivity index (χ0n) is 21.5. The van der Waals surface area contributed by atoms with Crippen molar-refractivity contribution in [2.75, 3.05) is 20.8 Å². The van der Waals surface area contributed by atoms with Gasteiger partial charge in [0.1, 0.15) is 5.75 Å². The number of H-pyrrole nitrogens is 1. The first kappa shape index (κ1) is 24.6. The van der Waals surface area contributed by atoms with Crippen molar-refractivity contribution in [3.8, 4) is 17.2 Å². The van der Waals surface area contributed by atoms with Crippen molar-refractivity contribution < 1.29 is 14.2 Å². The van der Waals surface area contributed by atoms with E-state index in [4.69, 9.17) is 19.2 Å². The smallest absolute Gasteiger partial charge is 0.252 e. The molecular formula is C29H34N2O4. The summed E-state index contributed by atoms with van der Waals surface area (Å²) in [6.07, 6.45) is 2.28. The summed E-state index contributed by atoms with van der Waals surface area (Å²) in [4.78, 5) is 21.5. The van der Waals surface area contributed by atoms with Gasteiger partial charge < -0.3 is 19.2 Å². The lowest BCUT2D eigenvalue weighted by Crippen LogP contribution is -2.18. The molecule has 0 unspecified atom stereocenters. The molecule has 4 rings (SSSR count). The second-order valence-electron chi connectivity index (χ2n) is 9.06. The maximum absolute atomic E-state index is 13.4. The molecule has 2 aromatic carbocycles. The Kier molecular flexibility index (Phi) is 7.29. The van der Waals surface area contributed by atoms with Crippen LogP contribution >= 0.6 is 0 Å². The maximum atomic E-state index is 13.4. The van der Waals surface area contributed by atoms with Crippen molar-refractivity contribution in [3.63, 3.8) is 0 Å². The van der Waals surface area contributed by atoms with Crippen molar-refractivity contribution in [1.82, 2.24) is 9.97 Å². The predicted octanol–water partition coefficient (Wildman–Crippen LogP) is 6.16. The SMILES string of the molecule is CCCc1nc2ccc(OCC)cc2cc1Cc1c(=O)[nH]c(C(C)C)c2cc(OC)c(OC)cc12. The molecule has 2 heterocycles. The predicted molar refractivity (Wildman–Crippen MR) is 141 cm³/mol. The number of nitrogens with zero attached hydrogens (tertiary/aromatic N) is 1. The molecule has 0 aliphatic heterocycles. The Balaban J connectivity index is 1.94. The van der Waals surface area contributed by atoms with Crippen LogP contribution in [-0.2, 0) is 12.8 Å². The van der Waals surface area contributed by atoms with E-state index in [2.05, 4.69) is 31.8 Å². The Hall–Kier alpha value is -3.54. The fourth-order valence-electron chi connectivity index (χ4n) is 4.66. The number of nitrogens with one attached hydrogen (secondary N) is 1. The largest absolute Gasteiger partial charge is 0.494 e. The van der Waals surface area contributed by atoms with Gasteiger partial charge in [0.05, 0.1) is 26.3 Å². The summed E-state index contributed by atoms with van der Waals surface area (Å²) in [7, 11) is 3.24. The van der Waals surface area contributed by atoms with E-state index in [0.717, 1.165) is 57.2 Å². The molecule has 0 aliphatic carbocycles. The fraction of sp³-hybridized carbons (Fsp3) is 0.379. The third-order valence-electron chi connectivity index (χ3n) is 6.36. The number of fused-ring (bicyclic) bond motifs is 2. The second-order valence-corrected chi connectivity index (χ2v) is 9.06. The van der Waals surface area contributed by atoms with Crippen molar-refractivity contribution >= 4 is 21.7 Å². The molecule has 184 valence electrons. The van der Waals surface area contributed by atoms with Crippen LogP contribution < -0.4 is 19.8 Å². The first-order valence-corrected chi connectivity index (χ1v) is 12.3. The van der Waals surface area contributed by atoms with Gasteiger partial charge in [-0.15, -0.1) is 0 Å². The monoisotopic (exact) mass is 474 g/mol. The van der Waals surface area contributed by atoms with E-state index in [-0.39, 0.29) is 11.5 Å². The van der Waals surface area contributed by atoms with Crippen LogP contribution in [0.1, 0.15) is 62.5 Å². The molecule has 0 bridgehead atoms. The number of hydrogen-bond acceptors (Lipinski definition) is 5. The molecule has 6 heteroatoms. The third kappa shape index (κ3) is 4.83. The third-order valence-corrected chi connectivity index (χ3v) is 6.36. The molecule has 4 aromatic rings. The number of benzene rings is 2. The van der Waals surface area contributed by atoms with Gasteiger partial charge in [0.25, 0.3) is 5.56 Å². The molecule has 0 aliphatic rings. The molecule has 0 atom stereocenters. The number of aromatic nitrogens is 2. The minimum atomic E-state index is -0.0842. The maximum Gasteiger partial charge on any atom is 0.252 e. The quantitative estimate of drug-likeness (QED) is 0.315. The lowest BCUT2D eigenvalue weighted by molar-refractivity contribution is 0.340. The Labute approximate surface area is 206 Å². The zero-order valence-corrected chi connectivity index (χ0v) is 21.5. The van der Waals surface area contributed by atoms with E-state index in [1.165, 1.54) is 0 Å². The van der Waals surface area contributed by atoms with E-state index >= 15 is 0 Å². The summed E-state index contributed by atoms with van der Waals surface area (Å²) in [5, 5.41) is 2.85. The van der Waals surface area contributed by atoms with Crippen LogP contribution in [0.4, 0.5) is 0 Å². The molecule has 0 radical (unpaired) electrons. The highest BCUT2D eigenvalue weighted by molar-refractivity contribution is 5.91. The van der Waals surface area contributed by atoms with Crippen molar-refractivity contribution in [3.05, 3.63) is 69.3 Å². The van der Waals surface area contributed by atoms with Crippen LogP contribution in [0.3, 0.4) is 0 Å². The number of methoxy groups -OCH3 is 2. The number of aromatic amines is 1. The molecule has 0 spiro atoms. The summed E-state index contributed by atoms with van der Waals surface area (Å²) < 4.78 is 16.8. The highest BCUT2D eigenvalue weighted by atomic mass is 16.5. The van der Waals surface area contributed by atoms with Crippen LogP contribution in [0.15, 0.2) is 41.2 Å². The molecule has 0 saturated heterocycles.